The van der Waals surface area contributed by atoms with Gasteiger partial charge >= 0.3 is 0 Å². The second-order valence-corrected chi connectivity index (χ2v) is 2.78. The third-order valence-electron chi connectivity index (χ3n) is 1.74. The minimum Gasteiger partial charge on any atom is -0.330 e. The Morgan fingerprint density at radius 1 is 1.40 bits per heavy atom. The Kier molecular flexibility index (Phi) is 3.95. The lowest BCUT2D eigenvalue weighted by molar-refractivity contribution is 0.111. The lowest BCUT2D eigenvalue weighted by atomic mass is 10.1. The first kappa shape index (κ1) is 11.3. The minimum atomic E-state index is -0.922. The summed E-state index contributed by atoms with van der Waals surface area (Å²) in [5.74, 6) is 3.29. The fourth-order valence-corrected chi connectivity index (χ4v) is 1.00. The largest absolute Gasteiger partial charge is 0.330 e. The van der Waals surface area contributed by atoms with Gasteiger partial charge in [0, 0.05) is 13.0 Å². The van der Waals surface area contributed by atoms with E-state index in [1.54, 1.807) is 0 Å². The molecule has 0 saturated carbocycles. The van der Waals surface area contributed by atoms with Crippen LogP contribution in [0.3, 0.4) is 0 Å². The maximum absolute atomic E-state index is 13.4. The average Bonchev–Trinajstić information content (AvgIpc) is 2.22. The van der Waals surface area contributed by atoms with Crippen molar-refractivity contribution in [2.45, 2.75) is 6.42 Å². The van der Waals surface area contributed by atoms with Gasteiger partial charge in [0.1, 0.15) is 5.82 Å². The maximum atomic E-state index is 13.4. The normalized spacial score (nSPS) is 9.27. The van der Waals surface area contributed by atoms with Crippen LogP contribution in [-0.4, -0.2) is 12.8 Å². The molecule has 1 rings (SSSR count). The van der Waals surface area contributed by atoms with Crippen LogP contribution in [0.25, 0.3) is 0 Å². The van der Waals surface area contributed by atoms with Gasteiger partial charge in [-0.2, -0.15) is 0 Å². The van der Waals surface area contributed by atoms with Crippen molar-refractivity contribution in [2.75, 3.05) is 6.54 Å². The zero-order valence-corrected chi connectivity index (χ0v) is 7.89. The SMILES string of the molecule is NCCC#Cc1ccc(F)c(C=O)c1F. The number of carbonyl (C=O) groups is 1. The molecule has 0 aliphatic heterocycles. The standard InChI is InChI=1S/C11H9F2NO/c12-10-5-4-8(3-1-2-6-14)11(13)9(10)7-15/h4-5,7H,2,6,14H2. The lowest BCUT2D eigenvalue weighted by Gasteiger charge is -1.98. The first-order valence-electron chi connectivity index (χ1n) is 4.32. The summed E-state index contributed by atoms with van der Waals surface area (Å²) >= 11 is 0. The quantitative estimate of drug-likeness (QED) is 0.592. The highest BCUT2D eigenvalue weighted by Gasteiger charge is 2.10. The molecular formula is C11H9F2NO. The Labute approximate surface area is 86.1 Å². The summed E-state index contributed by atoms with van der Waals surface area (Å²) in [7, 11) is 0. The summed E-state index contributed by atoms with van der Waals surface area (Å²) in [4.78, 5) is 10.4. The molecule has 2 N–H and O–H groups in total. The number of halogens is 2. The van der Waals surface area contributed by atoms with Crippen LogP contribution in [0.1, 0.15) is 22.3 Å². The van der Waals surface area contributed by atoms with E-state index in [9.17, 15) is 13.6 Å². The molecule has 0 saturated heterocycles. The van der Waals surface area contributed by atoms with E-state index in [1.807, 2.05) is 0 Å². The molecule has 0 heterocycles. The molecule has 0 aliphatic rings. The van der Waals surface area contributed by atoms with Crippen LogP contribution in [0.4, 0.5) is 8.78 Å². The number of benzene rings is 1. The Balaban J connectivity index is 3.12. The predicted octanol–water partition coefficient (Wildman–Crippen LogP) is 1.48. The van der Waals surface area contributed by atoms with E-state index in [1.165, 1.54) is 6.07 Å². The molecular weight excluding hydrogens is 200 g/mol. The fourth-order valence-electron chi connectivity index (χ4n) is 1.00. The van der Waals surface area contributed by atoms with Crippen molar-refractivity contribution in [1.29, 1.82) is 0 Å². The van der Waals surface area contributed by atoms with Crippen LogP contribution in [0, 0.1) is 23.5 Å². The first-order chi connectivity index (χ1) is 7.20. The summed E-state index contributed by atoms with van der Waals surface area (Å²) < 4.78 is 26.2. The molecule has 0 spiro atoms. The van der Waals surface area contributed by atoms with E-state index in [-0.39, 0.29) is 11.8 Å². The molecule has 0 atom stereocenters. The second-order valence-electron chi connectivity index (χ2n) is 2.78. The number of hydrogen-bond acceptors (Lipinski definition) is 2. The topological polar surface area (TPSA) is 43.1 Å². The summed E-state index contributed by atoms with van der Waals surface area (Å²) in [5, 5.41) is 0. The Morgan fingerprint density at radius 3 is 2.73 bits per heavy atom. The third-order valence-corrected chi connectivity index (χ3v) is 1.74. The molecule has 0 aromatic heterocycles. The van der Waals surface area contributed by atoms with Gasteiger partial charge < -0.3 is 5.73 Å². The van der Waals surface area contributed by atoms with E-state index >= 15 is 0 Å². The van der Waals surface area contributed by atoms with E-state index in [4.69, 9.17) is 5.73 Å². The summed E-state index contributed by atoms with van der Waals surface area (Å²) in [6, 6.07) is 2.21. The van der Waals surface area contributed by atoms with Crippen LogP contribution in [-0.2, 0) is 0 Å². The number of hydrogen-bond donors (Lipinski definition) is 1. The molecule has 0 fully saturated rings. The van der Waals surface area contributed by atoms with Crippen LogP contribution < -0.4 is 5.73 Å². The van der Waals surface area contributed by atoms with Crippen molar-refractivity contribution in [3.05, 3.63) is 34.9 Å². The minimum absolute atomic E-state index is 0.00644. The van der Waals surface area contributed by atoms with Gasteiger partial charge in [0.25, 0.3) is 0 Å². The van der Waals surface area contributed by atoms with Crippen molar-refractivity contribution in [3.8, 4) is 11.8 Å². The van der Waals surface area contributed by atoms with Gasteiger partial charge in [0.05, 0.1) is 11.1 Å². The zero-order chi connectivity index (χ0) is 11.3. The second kappa shape index (κ2) is 5.23. The highest BCUT2D eigenvalue weighted by atomic mass is 19.1. The van der Waals surface area contributed by atoms with Crippen molar-refractivity contribution in [2.24, 2.45) is 5.73 Å². The molecule has 0 aliphatic carbocycles. The van der Waals surface area contributed by atoms with Crippen LogP contribution in [0.2, 0.25) is 0 Å². The van der Waals surface area contributed by atoms with E-state index in [2.05, 4.69) is 11.8 Å². The fraction of sp³-hybridized carbons (Fsp3) is 0.182. The number of carbonyl (C=O) groups excluding carboxylic acids is 1. The van der Waals surface area contributed by atoms with E-state index in [0.29, 0.717) is 13.0 Å². The Morgan fingerprint density at radius 2 is 2.13 bits per heavy atom. The average molecular weight is 209 g/mol. The highest BCUT2D eigenvalue weighted by Crippen LogP contribution is 2.14. The number of nitrogens with two attached hydrogens (primary N) is 1. The maximum Gasteiger partial charge on any atom is 0.156 e. The molecule has 0 unspecified atom stereocenters. The first-order valence-corrected chi connectivity index (χ1v) is 4.32. The van der Waals surface area contributed by atoms with Gasteiger partial charge in [-0.25, -0.2) is 8.78 Å². The Hall–Kier alpha value is -1.73. The molecule has 1 aromatic carbocycles. The van der Waals surface area contributed by atoms with E-state index < -0.39 is 17.2 Å². The molecule has 0 bridgehead atoms. The Bertz CT molecular complexity index is 432. The van der Waals surface area contributed by atoms with Crippen molar-refractivity contribution in [3.63, 3.8) is 0 Å². The van der Waals surface area contributed by atoms with E-state index in [0.717, 1.165) is 6.07 Å². The molecule has 0 amide bonds. The predicted molar refractivity (Wildman–Crippen MR) is 52.3 cm³/mol. The molecule has 1 aromatic rings. The summed E-state index contributed by atoms with van der Waals surface area (Å²) in [6.45, 7) is 0.371. The van der Waals surface area contributed by atoms with Gasteiger partial charge in [-0.1, -0.05) is 11.8 Å². The van der Waals surface area contributed by atoms with Crippen LogP contribution in [0.15, 0.2) is 12.1 Å². The summed E-state index contributed by atoms with van der Waals surface area (Å²) in [6.07, 6.45) is 0.562. The smallest absolute Gasteiger partial charge is 0.156 e. The lowest BCUT2D eigenvalue weighted by Crippen LogP contribution is -1.98. The molecule has 4 heteroatoms. The molecule has 0 radical (unpaired) electrons. The van der Waals surface area contributed by atoms with Crippen LogP contribution in [0.5, 0.6) is 0 Å². The van der Waals surface area contributed by atoms with Crippen molar-refractivity contribution in [1.82, 2.24) is 0 Å². The monoisotopic (exact) mass is 209 g/mol. The molecule has 2 nitrogen and oxygen atoms in total. The van der Waals surface area contributed by atoms with Gasteiger partial charge in [-0.3, -0.25) is 4.79 Å². The molecule has 78 valence electrons. The van der Waals surface area contributed by atoms with Gasteiger partial charge in [0.15, 0.2) is 12.1 Å². The number of rotatable bonds is 2. The third kappa shape index (κ3) is 2.61. The van der Waals surface area contributed by atoms with Gasteiger partial charge in [0.2, 0.25) is 0 Å². The zero-order valence-electron chi connectivity index (χ0n) is 7.89. The molecule has 15 heavy (non-hydrogen) atoms. The van der Waals surface area contributed by atoms with Gasteiger partial charge in [-0.15, -0.1) is 0 Å². The van der Waals surface area contributed by atoms with Crippen molar-refractivity contribution >= 4 is 6.29 Å². The van der Waals surface area contributed by atoms with Gasteiger partial charge in [-0.05, 0) is 12.1 Å². The van der Waals surface area contributed by atoms with Crippen LogP contribution >= 0.6 is 0 Å². The van der Waals surface area contributed by atoms with Crippen molar-refractivity contribution < 1.29 is 13.6 Å². The summed E-state index contributed by atoms with van der Waals surface area (Å²) in [5.41, 5.74) is 4.62. The number of aldehydes is 1. The highest BCUT2D eigenvalue weighted by molar-refractivity contribution is 5.76.